The average molecular weight is 387 g/mol. The fourth-order valence-electron chi connectivity index (χ4n) is 2.36. The molecule has 9 heteroatoms. The number of hydrogen-bond donors (Lipinski definition) is 0. The summed E-state index contributed by atoms with van der Waals surface area (Å²) in [7, 11) is -2.99. The number of benzene rings is 2. The average Bonchev–Trinajstić information content (AvgIpc) is 3.43. The van der Waals surface area contributed by atoms with Crippen molar-refractivity contribution in [2.75, 3.05) is 24.6 Å². The Kier molecular flexibility index (Phi) is 4.85. The third-order valence-corrected chi connectivity index (χ3v) is 5.67. The Balaban J connectivity index is 2.07. The molecule has 1 aliphatic heterocycles. The first kappa shape index (κ1) is 18.5. The quantitative estimate of drug-likeness (QED) is 0.714. The Hall–Kier alpha value is -2.26. The molecule has 0 amide bonds. The van der Waals surface area contributed by atoms with Crippen molar-refractivity contribution in [3.8, 4) is 5.75 Å². The molecule has 0 radical (unpaired) electrons. The molecule has 0 bridgehead atoms. The fourth-order valence-corrected chi connectivity index (χ4v) is 3.70. The highest BCUT2D eigenvalue weighted by atomic mass is 32.2. The van der Waals surface area contributed by atoms with Crippen LogP contribution in [0.25, 0.3) is 0 Å². The summed E-state index contributed by atoms with van der Waals surface area (Å²) in [5.74, 6) is -0.710. The van der Waals surface area contributed by atoms with Gasteiger partial charge in [-0.3, -0.25) is 4.31 Å². The van der Waals surface area contributed by atoms with Crippen molar-refractivity contribution in [3.05, 3.63) is 54.1 Å². The molecule has 3 rings (SSSR count). The van der Waals surface area contributed by atoms with E-state index in [1.54, 1.807) is 30.3 Å². The van der Waals surface area contributed by atoms with E-state index in [1.165, 1.54) is 7.05 Å². The Bertz CT molecular complexity index is 881. The number of epoxide rings is 1. The maximum atomic E-state index is 13.4. The van der Waals surface area contributed by atoms with E-state index in [1.807, 2.05) is 0 Å². The summed E-state index contributed by atoms with van der Waals surface area (Å²) >= 11 is 0. The highest BCUT2D eigenvalue weighted by Crippen LogP contribution is 2.41. The largest absolute Gasteiger partial charge is 0.489 e. The monoisotopic (exact) mass is 387 g/mol. The van der Waals surface area contributed by atoms with Crippen LogP contribution in [0.15, 0.2) is 53.4 Å². The van der Waals surface area contributed by atoms with E-state index in [2.05, 4.69) is 0 Å². The minimum atomic E-state index is -4.75. The molecule has 1 saturated heterocycles. The predicted octanol–water partition coefficient (Wildman–Crippen LogP) is 3.31. The van der Waals surface area contributed by atoms with Gasteiger partial charge in [-0.1, -0.05) is 24.3 Å². The molecule has 1 atom stereocenters. The van der Waals surface area contributed by atoms with Crippen molar-refractivity contribution >= 4 is 15.7 Å². The molecule has 2 aromatic rings. The van der Waals surface area contributed by atoms with Crippen LogP contribution < -0.4 is 9.04 Å². The van der Waals surface area contributed by atoms with Gasteiger partial charge in [0.25, 0.3) is 10.0 Å². The smallest absolute Gasteiger partial charge is 0.420 e. The lowest BCUT2D eigenvalue weighted by atomic mass is 10.2. The standard InChI is InChI=1S/C17H16F3NO4S/c1-21(12-6-3-2-4-7-12)26(22,23)15-9-5-8-14(17(18,19)20)16(15)25-11-13-10-24-13/h2-9,13H,10-11H2,1H3. The SMILES string of the molecule is CN(c1ccccc1)S(=O)(=O)c1cccc(C(F)(F)F)c1OCC1CO1. The second-order valence-corrected chi connectivity index (χ2v) is 7.64. The first-order valence-electron chi connectivity index (χ1n) is 7.70. The number of rotatable bonds is 6. The van der Waals surface area contributed by atoms with E-state index in [9.17, 15) is 21.6 Å². The second-order valence-electron chi connectivity index (χ2n) is 5.71. The molecule has 140 valence electrons. The van der Waals surface area contributed by atoms with Crippen LogP contribution in [0.2, 0.25) is 0 Å². The molecule has 1 unspecified atom stereocenters. The Labute approximate surface area is 149 Å². The van der Waals surface area contributed by atoms with Crippen molar-refractivity contribution in [2.24, 2.45) is 0 Å². The zero-order chi connectivity index (χ0) is 18.9. The van der Waals surface area contributed by atoms with E-state index in [-0.39, 0.29) is 12.7 Å². The number of ether oxygens (including phenoxy) is 2. The number of halogens is 3. The minimum absolute atomic E-state index is 0.148. The van der Waals surface area contributed by atoms with Crippen molar-refractivity contribution < 1.29 is 31.1 Å². The lowest BCUT2D eigenvalue weighted by molar-refractivity contribution is -0.139. The first-order chi connectivity index (χ1) is 12.2. The topological polar surface area (TPSA) is 59.1 Å². The van der Waals surface area contributed by atoms with Gasteiger partial charge in [-0.05, 0) is 24.3 Å². The minimum Gasteiger partial charge on any atom is -0.489 e. The van der Waals surface area contributed by atoms with Crippen LogP contribution in [0.1, 0.15) is 5.56 Å². The van der Waals surface area contributed by atoms with Gasteiger partial charge in [-0.25, -0.2) is 8.42 Å². The molecule has 0 aliphatic carbocycles. The van der Waals surface area contributed by atoms with Gasteiger partial charge in [-0.2, -0.15) is 13.2 Å². The third kappa shape index (κ3) is 3.78. The number of nitrogens with zero attached hydrogens (tertiary/aromatic N) is 1. The fraction of sp³-hybridized carbons (Fsp3) is 0.294. The zero-order valence-corrected chi connectivity index (χ0v) is 14.5. The van der Waals surface area contributed by atoms with Crippen LogP contribution in [-0.2, 0) is 20.9 Å². The van der Waals surface area contributed by atoms with Crippen LogP contribution >= 0.6 is 0 Å². The van der Waals surface area contributed by atoms with Crippen molar-refractivity contribution in [3.63, 3.8) is 0 Å². The van der Waals surface area contributed by atoms with E-state index < -0.39 is 32.4 Å². The van der Waals surface area contributed by atoms with Crippen LogP contribution in [0, 0.1) is 0 Å². The Morgan fingerprint density at radius 1 is 1.15 bits per heavy atom. The van der Waals surface area contributed by atoms with Gasteiger partial charge in [0.15, 0.2) is 5.75 Å². The molecular formula is C17H16F3NO4S. The maximum Gasteiger partial charge on any atom is 0.420 e. The number of hydrogen-bond acceptors (Lipinski definition) is 4. The number of anilines is 1. The maximum absolute atomic E-state index is 13.4. The van der Waals surface area contributed by atoms with E-state index in [0.29, 0.717) is 12.3 Å². The van der Waals surface area contributed by atoms with Crippen LogP contribution in [-0.4, -0.2) is 34.8 Å². The number of sulfonamides is 1. The lowest BCUT2D eigenvalue weighted by Crippen LogP contribution is -2.28. The van der Waals surface area contributed by atoms with Crippen LogP contribution in [0.5, 0.6) is 5.75 Å². The molecule has 1 fully saturated rings. The van der Waals surface area contributed by atoms with Gasteiger partial charge >= 0.3 is 6.18 Å². The van der Waals surface area contributed by atoms with Crippen molar-refractivity contribution in [1.29, 1.82) is 0 Å². The molecule has 0 aromatic heterocycles. The van der Waals surface area contributed by atoms with Gasteiger partial charge in [0.1, 0.15) is 17.6 Å². The highest BCUT2D eigenvalue weighted by Gasteiger charge is 2.39. The van der Waals surface area contributed by atoms with Gasteiger partial charge in [0, 0.05) is 7.05 Å². The summed E-state index contributed by atoms with van der Waals surface area (Å²) in [6.07, 6.45) is -5.07. The Morgan fingerprint density at radius 2 is 1.81 bits per heavy atom. The second kappa shape index (κ2) is 6.81. The lowest BCUT2D eigenvalue weighted by Gasteiger charge is -2.23. The molecule has 1 heterocycles. The first-order valence-corrected chi connectivity index (χ1v) is 9.14. The highest BCUT2D eigenvalue weighted by molar-refractivity contribution is 7.92. The zero-order valence-electron chi connectivity index (χ0n) is 13.7. The van der Waals surface area contributed by atoms with Gasteiger partial charge < -0.3 is 9.47 Å². The molecule has 0 N–H and O–H groups in total. The number of alkyl halides is 3. The predicted molar refractivity (Wildman–Crippen MR) is 88.7 cm³/mol. The van der Waals surface area contributed by atoms with Gasteiger partial charge in [0.2, 0.25) is 0 Å². The van der Waals surface area contributed by atoms with Crippen LogP contribution in [0.4, 0.5) is 18.9 Å². The summed E-state index contributed by atoms with van der Waals surface area (Å²) in [6, 6.07) is 11.0. The van der Waals surface area contributed by atoms with Crippen molar-refractivity contribution in [1.82, 2.24) is 0 Å². The molecular weight excluding hydrogens is 371 g/mol. The van der Waals surface area contributed by atoms with Gasteiger partial charge in [0.05, 0.1) is 17.9 Å². The molecule has 0 saturated carbocycles. The molecule has 26 heavy (non-hydrogen) atoms. The van der Waals surface area contributed by atoms with Crippen molar-refractivity contribution in [2.45, 2.75) is 17.2 Å². The summed E-state index contributed by atoms with van der Waals surface area (Å²) in [5.41, 5.74) is -0.818. The Morgan fingerprint density at radius 3 is 2.38 bits per heavy atom. The summed E-state index contributed by atoms with van der Waals surface area (Å²) in [4.78, 5) is -0.542. The molecule has 1 aliphatic rings. The summed E-state index contributed by atoms with van der Waals surface area (Å²) in [6.45, 7) is 0.227. The van der Waals surface area contributed by atoms with Gasteiger partial charge in [-0.15, -0.1) is 0 Å². The molecule has 2 aromatic carbocycles. The van der Waals surface area contributed by atoms with E-state index in [4.69, 9.17) is 9.47 Å². The van der Waals surface area contributed by atoms with E-state index in [0.717, 1.165) is 22.5 Å². The number of para-hydroxylation sites is 2. The molecule has 5 nitrogen and oxygen atoms in total. The summed E-state index contributed by atoms with van der Waals surface area (Å²) < 4.78 is 77.1. The van der Waals surface area contributed by atoms with E-state index >= 15 is 0 Å². The summed E-state index contributed by atoms with van der Waals surface area (Å²) in [5, 5.41) is 0. The normalized spacial score (nSPS) is 17.0. The third-order valence-electron chi connectivity index (χ3n) is 3.86. The van der Waals surface area contributed by atoms with Crippen LogP contribution in [0.3, 0.4) is 0 Å². The molecule has 0 spiro atoms.